The quantitative estimate of drug-likeness (QED) is 0.400. The van der Waals surface area contributed by atoms with E-state index in [1.807, 2.05) is 18.2 Å². The third-order valence-corrected chi connectivity index (χ3v) is 4.20. The van der Waals surface area contributed by atoms with Gasteiger partial charge in [0.05, 0.1) is 0 Å². The van der Waals surface area contributed by atoms with Gasteiger partial charge in [-0.1, -0.05) is 68.7 Å². The minimum Gasteiger partial charge on any atom is -0.228 e. The molecule has 0 fully saturated rings. The van der Waals surface area contributed by atoms with Crippen LogP contribution in [0.3, 0.4) is 0 Å². The van der Waals surface area contributed by atoms with Crippen LogP contribution in [0.15, 0.2) is 54.6 Å². The molecule has 0 N–H and O–H groups in total. The summed E-state index contributed by atoms with van der Waals surface area (Å²) in [5, 5.41) is 17.3. The lowest BCUT2D eigenvalue weighted by molar-refractivity contribution is 0.0799. The van der Waals surface area contributed by atoms with Gasteiger partial charge in [0, 0.05) is 0 Å². The van der Waals surface area contributed by atoms with Gasteiger partial charge in [-0.2, -0.15) is 0 Å². The molecule has 1 unspecified atom stereocenters. The minimum atomic E-state index is -0.610. The standard InChI is InChI=1S/C20H21O/c1-2-3-4-12-20(21)18-11-7-10-17-13-15-8-5-6-9-16(15)14-19(17)18/h5-11,13-14,20H,2-4,12H2,1H3. The lowest BCUT2D eigenvalue weighted by Crippen LogP contribution is -1.97. The maximum atomic E-state index is 12.6. The van der Waals surface area contributed by atoms with Crippen LogP contribution in [-0.2, 0) is 5.11 Å². The summed E-state index contributed by atoms with van der Waals surface area (Å²) in [6.07, 6.45) is 3.45. The number of rotatable bonds is 5. The Hall–Kier alpha value is -1.86. The van der Waals surface area contributed by atoms with Gasteiger partial charge in [0.25, 0.3) is 0 Å². The molecule has 0 aromatic heterocycles. The van der Waals surface area contributed by atoms with Crippen molar-refractivity contribution in [3.05, 3.63) is 60.2 Å². The average molecular weight is 277 g/mol. The molecule has 0 heterocycles. The van der Waals surface area contributed by atoms with Crippen molar-refractivity contribution in [2.45, 2.75) is 38.7 Å². The number of hydrogen-bond donors (Lipinski definition) is 0. The van der Waals surface area contributed by atoms with Crippen LogP contribution in [-0.4, -0.2) is 0 Å². The van der Waals surface area contributed by atoms with Crippen LogP contribution >= 0.6 is 0 Å². The fourth-order valence-electron chi connectivity index (χ4n) is 3.01. The highest BCUT2D eigenvalue weighted by atomic mass is 16.3. The molecule has 3 rings (SSSR count). The second-order valence-corrected chi connectivity index (χ2v) is 5.75. The smallest absolute Gasteiger partial charge is 0.119 e. The van der Waals surface area contributed by atoms with Crippen molar-refractivity contribution in [1.29, 1.82) is 0 Å². The molecule has 0 aliphatic carbocycles. The Morgan fingerprint density at radius 1 is 0.857 bits per heavy atom. The molecule has 0 spiro atoms. The van der Waals surface area contributed by atoms with Crippen molar-refractivity contribution < 1.29 is 5.11 Å². The predicted octanol–water partition coefficient (Wildman–Crippen LogP) is 6.04. The van der Waals surface area contributed by atoms with Gasteiger partial charge in [-0.3, -0.25) is 0 Å². The Morgan fingerprint density at radius 2 is 1.57 bits per heavy atom. The molecule has 0 bridgehead atoms. The lowest BCUT2D eigenvalue weighted by atomic mass is 9.95. The first-order valence-corrected chi connectivity index (χ1v) is 7.87. The predicted molar refractivity (Wildman–Crippen MR) is 89.0 cm³/mol. The van der Waals surface area contributed by atoms with E-state index < -0.39 is 6.10 Å². The van der Waals surface area contributed by atoms with Gasteiger partial charge in [-0.15, -0.1) is 0 Å². The van der Waals surface area contributed by atoms with Crippen molar-refractivity contribution in [3.8, 4) is 0 Å². The highest BCUT2D eigenvalue weighted by Crippen LogP contribution is 2.31. The van der Waals surface area contributed by atoms with Crippen LogP contribution in [0.5, 0.6) is 0 Å². The van der Waals surface area contributed by atoms with Crippen LogP contribution in [0.4, 0.5) is 0 Å². The van der Waals surface area contributed by atoms with Crippen LogP contribution in [0.25, 0.3) is 21.5 Å². The molecule has 0 saturated carbocycles. The van der Waals surface area contributed by atoms with Gasteiger partial charge in [0.15, 0.2) is 0 Å². The molecule has 1 atom stereocenters. The fraction of sp³-hybridized carbons (Fsp3) is 0.300. The van der Waals surface area contributed by atoms with Crippen LogP contribution < -0.4 is 0 Å². The summed E-state index contributed by atoms with van der Waals surface area (Å²) >= 11 is 0. The highest BCUT2D eigenvalue weighted by Gasteiger charge is 2.13. The number of unbranched alkanes of at least 4 members (excludes halogenated alkanes) is 2. The number of fused-ring (bicyclic) bond motifs is 2. The molecule has 0 saturated heterocycles. The number of benzene rings is 3. The largest absolute Gasteiger partial charge is 0.228 e. The molecule has 1 radical (unpaired) electrons. The van der Waals surface area contributed by atoms with E-state index in [1.165, 1.54) is 16.2 Å². The van der Waals surface area contributed by atoms with E-state index in [2.05, 4.69) is 43.3 Å². The zero-order chi connectivity index (χ0) is 14.7. The van der Waals surface area contributed by atoms with Crippen molar-refractivity contribution >= 4 is 21.5 Å². The van der Waals surface area contributed by atoms with Crippen LogP contribution in [0.2, 0.25) is 0 Å². The summed E-state index contributed by atoms with van der Waals surface area (Å²) in [6, 6.07) is 18.8. The molecule has 0 aliphatic rings. The highest BCUT2D eigenvalue weighted by molar-refractivity contribution is 5.99. The molecule has 1 heteroatoms. The molecular formula is C20H21O. The first-order valence-electron chi connectivity index (χ1n) is 7.87. The number of hydrogen-bond acceptors (Lipinski definition) is 0. The van der Waals surface area contributed by atoms with E-state index >= 15 is 0 Å². The van der Waals surface area contributed by atoms with Crippen molar-refractivity contribution in [1.82, 2.24) is 0 Å². The van der Waals surface area contributed by atoms with Crippen molar-refractivity contribution in [2.24, 2.45) is 0 Å². The third-order valence-electron chi connectivity index (χ3n) is 4.20. The first kappa shape index (κ1) is 14.1. The topological polar surface area (TPSA) is 19.9 Å². The Kier molecular flexibility index (Phi) is 4.21. The molecule has 3 aromatic rings. The normalized spacial score (nSPS) is 12.9. The van der Waals surface area contributed by atoms with Crippen molar-refractivity contribution in [3.63, 3.8) is 0 Å². The summed E-state index contributed by atoms with van der Waals surface area (Å²) in [4.78, 5) is 0. The van der Waals surface area contributed by atoms with Crippen molar-refractivity contribution in [2.75, 3.05) is 0 Å². The first-order chi connectivity index (χ1) is 10.3. The monoisotopic (exact) mass is 277 g/mol. The zero-order valence-electron chi connectivity index (χ0n) is 12.5. The second-order valence-electron chi connectivity index (χ2n) is 5.75. The molecule has 1 nitrogen and oxygen atoms in total. The maximum Gasteiger partial charge on any atom is 0.119 e. The Labute approximate surface area is 126 Å². The molecule has 0 amide bonds. The summed E-state index contributed by atoms with van der Waals surface area (Å²) in [5.41, 5.74) is 0.953. The summed E-state index contributed by atoms with van der Waals surface area (Å²) < 4.78 is 0. The maximum absolute atomic E-state index is 12.6. The van der Waals surface area contributed by atoms with E-state index in [0.29, 0.717) is 0 Å². The molecule has 21 heavy (non-hydrogen) atoms. The van der Waals surface area contributed by atoms with Crippen LogP contribution in [0, 0.1) is 0 Å². The van der Waals surface area contributed by atoms with Gasteiger partial charge in [0.1, 0.15) is 6.10 Å². The Balaban J connectivity index is 2.04. The Bertz CT molecular complexity index is 745. The molecule has 107 valence electrons. The molecule has 3 aromatic carbocycles. The summed E-state index contributed by atoms with van der Waals surface area (Å²) in [7, 11) is 0. The molecular weight excluding hydrogens is 256 g/mol. The Morgan fingerprint density at radius 3 is 2.33 bits per heavy atom. The van der Waals surface area contributed by atoms with Gasteiger partial charge >= 0.3 is 0 Å². The zero-order valence-corrected chi connectivity index (χ0v) is 12.5. The second kappa shape index (κ2) is 6.28. The summed E-state index contributed by atoms with van der Waals surface area (Å²) in [5.74, 6) is 0. The van der Waals surface area contributed by atoms with E-state index in [4.69, 9.17) is 0 Å². The van der Waals surface area contributed by atoms with Gasteiger partial charge < -0.3 is 0 Å². The van der Waals surface area contributed by atoms with E-state index in [-0.39, 0.29) is 0 Å². The average Bonchev–Trinajstić information content (AvgIpc) is 2.52. The fourth-order valence-corrected chi connectivity index (χ4v) is 3.01. The van der Waals surface area contributed by atoms with E-state index in [0.717, 1.165) is 36.6 Å². The lowest BCUT2D eigenvalue weighted by Gasteiger charge is -2.12. The van der Waals surface area contributed by atoms with E-state index in [9.17, 15) is 5.11 Å². The summed E-state index contributed by atoms with van der Waals surface area (Å²) in [6.45, 7) is 2.17. The molecule has 0 aliphatic heterocycles. The van der Waals surface area contributed by atoms with E-state index in [1.54, 1.807) is 0 Å². The SMILES string of the molecule is CCCCCC([O])c1cccc2cc3ccccc3cc12. The van der Waals surface area contributed by atoms with Gasteiger partial charge in [0.2, 0.25) is 0 Å². The third kappa shape index (κ3) is 2.93. The van der Waals surface area contributed by atoms with Gasteiger partial charge in [-0.25, -0.2) is 5.11 Å². The van der Waals surface area contributed by atoms with Crippen LogP contribution in [0.1, 0.15) is 44.3 Å². The van der Waals surface area contributed by atoms with Gasteiger partial charge in [-0.05, 0) is 45.7 Å². The minimum absolute atomic E-state index is 0.610.